The zero-order valence-electron chi connectivity index (χ0n) is 6.55. The van der Waals surface area contributed by atoms with Gasteiger partial charge < -0.3 is 0 Å². The molecule has 0 aliphatic heterocycles. The molecule has 0 N–H and O–H groups in total. The van der Waals surface area contributed by atoms with Gasteiger partial charge in [0.1, 0.15) is 0 Å². The summed E-state index contributed by atoms with van der Waals surface area (Å²) in [6.07, 6.45) is 0. The van der Waals surface area contributed by atoms with Crippen molar-refractivity contribution in [1.29, 1.82) is 0 Å². The first-order chi connectivity index (χ1) is 6.25. The van der Waals surface area contributed by atoms with E-state index in [4.69, 9.17) is 0 Å². The summed E-state index contributed by atoms with van der Waals surface area (Å²) in [6, 6.07) is 8.22. The Morgan fingerprint density at radius 3 is 2.23 bits per heavy atom. The van der Waals surface area contributed by atoms with Gasteiger partial charge in [-0.25, -0.2) is 0 Å². The zero-order chi connectivity index (χ0) is 9.26. The molecule has 0 spiro atoms. The average molecular weight is 317 g/mol. The molecule has 0 amide bonds. The molecule has 65 valence electrons. The molecule has 2 rings (SSSR count). The second kappa shape index (κ2) is 3.95. The minimum absolute atomic E-state index is 1.09. The smallest absolute Gasteiger partial charge is 0.0449 e. The Kier molecular flexibility index (Phi) is 2.86. The third kappa shape index (κ3) is 2.22. The first-order valence-corrected chi connectivity index (χ1v) is 6.13. The van der Waals surface area contributed by atoms with Crippen molar-refractivity contribution in [2.24, 2.45) is 0 Å². The number of rotatable bonds is 1. The lowest BCUT2D eigenvalue weighted by molar-refractivity contribution is 1.59. The number of benzene rings is 1. The molecular formula is C10H5Br2S. The van der Waals surface area contributed by atoms with Crippen LogP contribution in [-0.4, -0.2) is 0 Å². The Balaban J connectivity index is 2.53. The van der Waals surface area contributed by atoms with Crippen molar-refractivity contribution in [2.45, 2.75) is 0 Å². The van der Waals surface area contributed by atoms with Gasteiger partial charge in [-0.1, -0.05) is 31.9 Å². The fourth-order valence-corrected chi connectivity index (χ4v) is 2.99. The van der Waals surface area contributed by atoms with E-state index in [2.05, 4.69) is 54.8 Å². The molecule has 2 aromatic rings. The van der Waals surface area contributed by atoms with Crippen molar-refractivity contribution in [1.82, 2.24) is 0 Å². The SMILES string of the molecule is Brc1cc(Br)cc(-c2c[c]sc2)c1. The van der Waals surface area contributed by atoms with Gasteiger partial charge in [-0.3, -0.25) is 0 Å². The van der Waals surface area contributed by atoms with Crippen molar-refractivity contribution >= 4 is 43.2 Å². The van der Waals surface area contributed by atoms with E-state index in [9.17, 15) is 0 Å². The molecule has 3 heteroatoms. The Bertz CT molecular complexity index is 387. The monoisotopic (exact) mass is 315 g/mol. The minimum Gasteiger partial charge on any atom is -0.142 e. The third-order valence-electron chi connectivity index (χ3n) is 1.66. The Hall–Kier alpha value is -0.120. The molecule has 0 saturated carbocycles. The molecule has 0 aliphatic rings. The average Bonchev–Trinajstić information content (AvgIpc) is 2.53. The Morgan fingerprint density at radius 2 is 1.69 bits per heavy atom. The molecule has 0 atom stereocenters. The van der Waals surface area contributed by atoms with Crippen LogP contribution in [0.15, 0.2) is 38.6 Å². The van der Waals surface area contributed by atoms with Crippen LogP contribution in [0.4, 0.5) is 0 Å². The van der Waals surface area contributed by atoms with Crippen LogP contribution in [0.5, 0.6) is 0 Å². The first-order valence-electron chi connectivity index (χ1n) is 3.67. The van der Waals surface area contributed by atoms with Crippen LogP contribution in [0.25, 0.3) is 11.1 Å². The highest BCUT2D eigenvalue weighted by Gasteiger charge is 2.00. The van der Waals surface area contributed by atoms with Crippen LogP contribution in [-0.2, 0) is 0 Å². The van der Waals surface area contributed by atoms with E-state index in [0.29, 0.717) is 0 Å². The summed E-state index contributed by atoms with van der Waals surface area (Å²) >= 11 is 8.51. The lowest BCUT2D eigenvalue weighted by Crippen LogP contribution is -1.74. The maximum atomic E-state index is 3.46. The van der Waals surface area contributed by atoms with Gasteiger partial charge in [0.05, 0.1) is 0 Å². The van der Waals surface area contributed by atoms with Crippen LogP contribution in [0, 0.1) is 5.38 Å². The quantitative estimate of drug-likeness (QED) is 0.713. The van der Waals surface area contributed by atoms with Gasteiger partial charge in [0.15, 0.2) is 0 Å². The highest BCUT2D eigenvalue weighted by Crippen LogP contribution is 2.28. The van der Waals surface area contributed by atoms with E-state index in [1.807, 2.05) is 12.1 Å². The van der Waals surface area contributed by atoms with Crippen molar-refractivity contribution in [3.05, 3.63) is 44.0 Å². The van der Waals surface area contributed by atoms with Crippen molar-refractivity contribution in [3.63, 3.8) is 0 Å². The van der Waals surface area contributed by atoms with Gasteiger partial charge in [0, 0.05) is 14.3 Å². The highest BCUT2D eigenvalue weighted by atomic mass is 79.9. The van der Waals surface area contributed by atoms with Gasteiger partial charge in [-0.2, -0.15) is 0 Å². The maximum Gasteiger partial charge on any atom is 0.0449 e. The predicted molar refractivity (Wildman–Crippen MR) is 64.0 cm³/mol. The van der Waals surface area contributed by atoms with E-state index in [-0.39, 0.29) is 0 Å². The third-order valence-corrected chi connectivity index (χ3v) is 3.21. The number of hydrogen-bond donors (Lipinski definition) is 0. The van der Waals surface area contributed by atoms with Crippen LogP contribution < -0.4 is 0 Å². The molecular weight excluding hydrogens is 312 g/mol. The summed E-state index contributed by atoms with van der Waals surface area (Å²) in [7, 11) is 0. The van der Waals surface area contributed by atoms with E-state index in [1.165, 1.54) is 11.1 Å². The van der Waals surface area contributed by atoms with Crippen LogP contribution >= 0.6 is 43.2 Å². The van der Waals surface area contributed by atoms with Crippen molar-refractivity contribution in [3.8, 4) is 11.1 Å². The molecule has 0 aliphatic carbocycles. The number of thiophene rings is 1. The predicted octanol–water partition coefficient (Wildman–Crippen LogP) is 4.74. The van der Waals surface area contributed by atoms with Gasteiger partial charge in [0.25, 0.3) is 0 Å². The molecule has 1 aromatic heterocycles. The standard InChI is InChI=1S/C10H5Br2S/c11-9-3-8(4-10(12)5-9)7-1-2-13-6-7/h1,3-6H. The molecule has 1 aromatic carbocycles. The van der Waals surface area contributed by atoms with E-state index >= 15 is 0 Å². The molecule has 1 heterocycles. The van der Waals surface area contributed by atoms with Crippen LogP contribution in [0.3, 0.4) is 0 Å². The Morgan fingerprint density at radius 1 is 1.00 bits per heavy atom. The zero-order valence-corrected chi connectivity index (χ0v) is 10.5. The minimum atomic E-state index is 1.09. The Labute approximate surface area is 97.9 Å². The molecule has 13 heavy (non-hydrogen) atoms. The summed E-state index contributed by atoms with van der Waals surface area (Å²) in [5.74, 6) is 0. The normalized spacial score (nSPS) is 10.3. The molecule has 0 fully saturated rings. The number of halogens is 2. The van der Waals surface area contributed by atoms with E-state index in [0.717, 1.165) is 8.95 Å². The second-order valence-electron chi connectivity index (χ2n) is 2.61. The highest BCUT2D eigenvalue weighted by molar-refractivity contribution is 9.11. The van der Waals surface area contributed by atoms with Crippen LogP contribution in [0.1, 0.15) is 0 Å². The number of hydrogen-bond acceptors (Lipinski definition) is 1. The van der Waals surface area contributed by atoms with Crippen molar-refractivity contribution in [2.75, 3.05) is 0 Å². The fourth-order valence-electron chi connectivity index (χ4n) is 1.10. The molecule has 0 saturated heterocycles. The second-order valence-corrected chi connectivity index (χ2v) is 5.15. The summed E-state index contributed by atoms with van der Waals surface area (Å²) in [5.41, 5.74) is 2.42. The first kappa shape index (κ1) is 9.44. The summed E-state index contributed by atoms with van der Waals surface area (Å²) in [4.78, 5) is 0. The van der Waals surface area contributed by atoms with Crippen molar-refractivity contribution < 1.29 is 0 Å². The summed E-state index contributed by atoms with van der Waals surface area (Å²) < 4.78 is 2.17. The summed E-state index contributed by atoms with van der Waals surface area (Å²) in [5, 5.41) is 5.17. The van der Waals surface area contributed by atoms with E-state index in [1.54, 1.807) is 11.3 Å². The lowest BCUT2D eigenvalue weighted by Gasteiger charge is -2.00. The van der Waals surface area contributed by atoms with Gasteiger partial charge in [-0.05, 0) is 40.8 Å². The topological polar surface area (TPSA) is 0 Å². The molecule has 1 radical (unpaired) electrons. The van der Waals surface area contributed by atoms with Gasteiger partial charge in [-0.15, -0.1) is 11.3 Å². The molecule has 0 nitrogen and oxygen atoms in total. The fraction of sp³-hybridized carbons (Fsp3) is 0. The summed E-state index contributed by atoms with van der Waals surface area (Å²) in [6.45, 7) is 0. The largest absolute Gasteiger partial charge is 0.142 e. The van der Waals surface area contributed by atoms with Gasteiger partial charge >= 0.3 is 0 Å². The lowest BCUT2D eigenvalue weighted by atomic mass is 10.1. The van der Waals surface area contributed by atoms with Crippen LogP contribution in [0.2, 0.25) is 0 Å². The van der Waals surface area contributed by atoms with Gasteiger partial charge in [0.2, 0.25) is 0 Å². The van der Waals surface area contributed by atoms with E-state index < -0.39 is 0 Å². The molecule has 0 bridgehead atoms. The maximum absolute atomic E-state index is 3.46. The molecule has 0 unspecified atom stereocenters.